The maximum absolute atomic E-state index is 12.2. The molecule has 0 radical (unpaired) electrons. The van der Waals surface area contributed by atoms with Gasteiger partial charge in [0.1, 0.15) is 28.8 Å². The lowest BCUT2D eigenvalue weighted by atomic mass is 9.78. The second kappa shape index (κ2) is 11.0. The maximum Gasteiger partial charge on any atom is 0.223 e. The van der Waals surface area contributed by atoms with Crippen LogP contribution in [0.2, 0.25) is 0 Å². The summed E-state index contributed by atoms with van der Waals surface area (Å²) in [5, 5.41) is 28.9. The summed E-state index contributed by atoms with van der Waals surface area (Å²) in [6.45, 7) is 11.3. The molecule has 0 unspecified atom stereocenters. The third kappa shape index (κ3) is 5.18. The molecule has 42 heavy (non-hydrogen) atoms. The van der Waals surface area contributed by atoms with Crippen LogP contribution < -0.4 is 9.47 Å². The number of carbonyl (C=O) groups is 2. The van der Waals surface area contributed by atoms with Gasteiger partial charge in [0.15, 0.2) is 0 Å². The molecule has 0 aliphatic carbocycles. The van der Waals surface area contributed by atoms with Gasteiger partial charge in [0.25, 0.3) is 0 Å². The summed E-state index contributed by atoms with van der Waals surface area (Å²) in [5.74, 6) is 1.85. The van der Waals surface area contributed by atoms with Crippen LogP contribution in [0, 0.1) is 28.6 Å². The zero-order chi connectivity index (χ0) is 30.4. The molecular formula is C33H38N4O5. The van der Waals surface area contributed by atoms with E-state index in [1.54, 1.807) is 29.2 Å². The molecule has 6 rings (SSSR count). The fourth-order valence-corrected chi connectivity index (χ4v) is 6.51. The molecular weight excluding hydrogens is 532 g/mol. The standard InChI is InChI=1S/C17H20N2O2.C16H18N2O3/c1-11-16(19-8-4-5-15(19)20)13-9-12(10-18)6-7-14(13)21-17(11,2)3;1-16(2)15(20)14(18-7-3-4-13(18)19)11-8-10(9-17)5-6-12(11)21-16/h6-7,9,11,16H,4-5,8H2,1-3H3;5-6,8,14-15,20H,3-4,7H2,1-2H3/t11-,16-;14-,15+/m11/s1. The summed E-state index contributed by atoms with van der Waals surface area (Å²) < 4.78 is 12.0. The van der Waals surface area contributed by atoms with Crippen molar-refractivity contribution in [3.8, 4) is 23.6 Å². The Morgan fingerprint density at radius 3 is 1.69 bits per heavy atom. The number of amides is 2. The van der Waals surface area contributed by atoms with Crippen molar-refractivity contribution in [1.82, 2.24) is 9.80 Å². The Bertz CT molecular complexity index is 1370. The first kappa shape index (κ1) is 29.4. The van der Waals surface area contributed by atoms with E-state index in [9.17, 15) is 14.7 Å². The Hall–Kier alpha value is -4.08. The number of aliphatic hydroxyl groups excluding tert-OH is 1. The van der Waals surface area contributed by atoms with Crippen LogP contribution in [0.1, 0.15) is 94.6 Å². The van der Waals surface area contributed by atoms with Crippen molar-refractivity contribution in [3.05, 3.63) is 58.7 Å². The van der Waals surface area contributed by atoms with Gasteiger partial charge in [-0.15, -0.1) is 0 Å². The number of fused-ring (bicyclic) bond motifs is 2. The average Bonchev–Trinajstić information content (AvgIpc) is 3.57. The molecule has 4 heterocycles. The molecule has 2 fully saturated rings. The summed E-state index contributed by atoms with van der Waals surface area (Å²) in [5.41, 5.74) is 1.68. The Labute approximate surface area is 247 Å². The zero-order valence-corrected chi connectivity index (χ0v) is 24.9. The summed E-state index contributed by atoms with van der Waals surface area (Å²) in [4.78, 5) is 28.0. The summed E-state index contributed by atoms with van der Waals surface area (Å²) in [7, 11) is 0. The first-order chi connectivity index (χ1) is 19.9. The quantitative estimate of drug-likeness (QED) is 0.550. The van der Waals surface area contributed by atoms with Crippen molar-refractivity contribution in [3.63, 3.8) is 0 Å². The summed E-state index contributed by atoms with van der Waals surface area (Å²) in [6.07, 6.45) is 2.02. The van der Waals surface area contributed by atoms with E-state index in [2.05, 4.69) is 32.9 Å². The number of ether oxygens (including phenoxy) is 2. The monoisotopic (exact) mass is 570 g/mol. The molecule has 1 N–H and O–H groups in total. The molecule has 9 heteroatoms. The fraction of sp³-hybridized carbons (Fsp3) is 0.515. The summed E-state index contributed by atoms with van der Waals surface area (Å²) >= 11 is 0. The lowest BCUT2D eigenvalue weighted by molar-refractivity contribution is -0.139. The number of benzene rings is 2. The van der Waals surface area contributed by atoms with E-state index >= 15 is 0 Å². The van der Waals surface area contributed by atoms with Crippen LogP contribution >= 0.6 is 0 Å². The molecule has 4 aliphatic rings. The highest BCUT2D eigenvalue weighted by molar-refractivity contribution is 5.79. The van der Waals surface area contributed by atoms with Crippen molar-refractivity contribution in [2.45, 2.75) is 89.7 Å². The van der Waals surface area contributed by atoms with Gasteiger partial charge in [-0.3, -0.25) is 9.59 Å². The van der Waals surface area contributed by atoms with E-state index in [1.165, 1.54) is 0 Å². The van der Waals surface area contributed by atoms with Crippen molar-refractivity contribution in [2.75, 3.05) is 13.1 Å². The number of rotatable bonds is 2. The van der Waals surface area contributed by atoms with Gasteiger partial charge in [-0.05, 0) is 76.9 Å². The normalized spacial score (nSPS) is 27.0. The molecule has 0 aromatic heterocycles. The molecule has 2 aromatic carbocycles. The van der Waals surface area contributed by atoms with Crippen LogP contribution in [0.25, 0.3) is 0 Å². The molecule has 4 aliphatic heterocycles. The third-order valence-corrected chi connectivity index (χ3v) is 9.13. The van der Waals surface area contributed by atoms with Crippen LogP contribution in [0.15, 0.2) is 36.4 Å². The van der Waals surface area contributed by atoms with Gasteiger partial charge < -0.3 is 24.4 Å². The minimum Gasteiger partial charge on any atom is -0.487 e. The van der Waals surface area contributed by atoms with Crippen LogP contribution in [-0.4, -0.2) is 57.1 Å². The largest absolute Gasteiger partial charge is 0.487 e. The molecule has 4 atom stereocenters. The Kier molecular flexibility index (Phi) is 7.68. The molecule has 2 aromatic rings. The van der Waals surface area contributed by atoms with Crippen LogP contribution in [0.5, 0.6) is 11.5 Å². The van der Waals surface area contributed by atoms with Crippen LogP contribution in [-0.2, 0) is 9.59 Å². The molecule has 0 bridgehead atoms. The van der Waals surface area contributed by atoms with E-state index in [0.29, 0.717) is 36.3 Å². The topological polar surface area (TPSA) is 127 Å². The van der Waals surface area contributed by atoms with Gasteiger partial charge in [0, 0.05) is 43.0 Å². The highest BCUT2D eigenvalue weighted by Crippen LogP contribution is 2.48. The third-order valence-electron chi connectivity index (χ3n) is 9.13. The van der Waals surface area contributed by atoms with E-state index in [-0.39, 0.29) is 29.4 Å². The Morgan fingerprint density at radius 1 is 0.786 bits per heavy atom. The number of likely N-dealkylation sites (tertiary alicyclic amines) is 2. The smallest absolute Gasteiger partial charge is 0.223 e. The maximum atomic E-state index is 12.2. The van der Waals surface area contributed by atoms with Crippen LogP contribution in [0.4, 0.5) is 0 Å². The van der Waals surface area contributed by atoms with Gasteiger partial charge >= 0.3 is 0 Å². The second-order valence-corrected chi connectivity index (χ2v) is 12.6. The molecule has 0 spiro atoms. The highest BCUT2D eigenvalue weighted by Gasteiger charge is 2.48. The van der Waals surface area contributed by atoms with Gasteiger partial charge in [0.05, 0.1) is 35.3 Å². The van der Waals surface area contributed by atoms with E-state index < -0.39 is 17.7 Å². The second-order valence-electron chi connectivity index (χ2n) is 12.6. The fourth-order valence-electron chi connectivity index (χ4n) is 6.51. The lowest BCUT2D eigenvalue weighted by Crippen LogP contribution is -2.53. The minimum absolute atomic E-state index is 0.00736. The first-order valence-electron chi connectivity index (χ1n) is 14.6. The minimum atomic E-state index is -0.832. The number of carbonyl (C=O) groups excluding carboxylic acids is 2. The van der Waals surface area contributed by atoms with Gasteiger partial charge in [-0.1, -0.05) is 6.92 Å². The molecule has 220 valence electrons. The number of aliphatic hydroxyl groups is 1. The average molecular weight is 571 g/mol. The Balaban J connectivity index is 0.000000168. The Morgan fingerprint density at radius 2 is 1.24 bits per heavy atom. The summed E-state index contributed by atoms with van der Waals surface area (Å²) in [6, 6.07) is 14.5. The van der Waals surface area contributed by atoms with E-state index in [1.807, 2.05) is 30.9 Å². The lowest BCUT2D eigenvalue weighted by Gasteiger charge is -2.46. The number of nitriles is 2. The van der Waals surface area contributed by atoms with Crippen molar-refractivity contribution >= 4 is 11.8 Å². The van der Waals surface area contributed by atoms with Crippen molar-refractivity contribution in [1.29, 1.82) is 10.5 Å². The van der Waals surface area contributed by atoms with Crippen molar-refractivity contribution in [2.24, 2.45) is 5.92 Å². The van der Waals surface area contributed by atoms with E-state index in [0.717, 1.165) is 36.3 Å². The molecule has 9 nitrogen and oxygen atoms in total. The van der Waals surface area contributed by atoms with Gasteiger partial charge in [0.2, 0.25) is 11.8 Å². The predicted octanol–water partition coefficient (Wildman–Crippen LogP) is 4.78. The number of nitrogens with zero attached hydrogens (tertiary/aromatic N) is 4. The number of hydrogen-bond donors (Lipinski definition) is 1. The molecule has 2 amide bonds. The number of hydrogen-bond acceptors (Lipinski definition) is 7. The highest BCUT2D eigenvalue weighted by atomic mass is 16.5. The van der Waals surface area contributed by atoms with Crippen LogP contribution in [0.3, 0.4) is 0 Å². The zero-order valence-electron chi connectivity index (χ0n) is 24.9. The van der Waals surface area contributed by atoms with Crippen molar-refractivity contribution < 1.29 is 24.2 Å². The first-order valence-corrected chi connectivity index (χ1v) is 14.6. The van der Waals surface area contributed by atoms with E-state index in [4.69, 9.17) is 20.0 Å². The van der Waals surface area contributed by atoms with Gasteiger partial charge in [-0.25, -0.2) is 0 Å². The molecule has 0 saturated carbocycles. The molecule has 2 saturated heterocycles. The predicted molar refractivity (Wildman–Crippen MR) is 154 cm³/mol. The van der Waals surface area contributed by atoms with Gasteiger partial charge in [-0.2, -0.15) is 10.5 Å². The SMILES string of the molecule is CC1(C)Oc2ccc(C#N)cc2[C@@H](N2CCCC2=O)[C@@H]1O.C[C@@H]1[C@@H](N2CCCC2=O)c2cc(C#N)ccc2OC1(C)C.